The second-order valence-corrected chi connectivity index (χ2v) is 8.65. The molecule has 0 fully saturated rings. The van der Waals surface area contributed by atoms with Crippen molar-refractivity contribution >= 4 is 39.4 Å². The van der Waals surface area contributed by atoms with Crippen molar-refractivity contribution in [3.8, 4) is 0 Å². The highest BCUT2D eigenvalue weighted by Gasteiger charge is 2.38. The Bertz CT molecular complexity index is 876. The van der Waals surface area contributed by atoms with Crippen LogP contribution < -0.4 is 5.32 Å². The van der Waals surface area contributed by atoms with Crippen molar-refractivity contribution in [1.29, 1.82) is 0 Å². The monoisotopic (exact) mass is 418 g/mol. The van der Waals surface area contributed by atoms with Crippen LogP contribution in [0.2, 0.25) is 0 Å². The number of halogens is 1. The lowest BCUT2D eigenvalue weighted by Gasteiger charge is -2.34. The molecule has 130 valence electrons. The molecule has 1 N–H and O–H groups in total. The lowest BCUT2D eigenvalue weighted by molar-refractivity contribution is -0.117. The maximum absolute atomic E-state index is 12.9. The van der Waals surface area contributed by atoms with E-state index in [1.165, 1.54) is 0 Å². The van der Waals surface area contributed by atoms with Gasteiger partial charge in [-0.05, 0) is 35.8 Å². The van der Waals surface area contributed by atoms with Gasteiger partial charge in [-0.15, -0.1) is 5.10 Å². The second-order valence-electron chi connectivity index (χ2n) is 6.51. The van der Waals surface area contributed by atoms with Gasteiger partial charge in [-0.1, -0.05) is 53.7 Å². The van der Waals surface area contributed by atoms with E-state index in [4.69, 9.17) is 0 Å². The van der Waals surface area contributed by atoms with Crippen molar-refractivity contribution in [2.24, 2.45) is 5.92 Å². The smallest absolute Gasteiger partial charge is 0.227 e. The van der Waals surface area contributed by atoms with Crippen molar-refractivity contribution in [3.63, 3.8) is 0 Å². The molecule has 5 nitrogen and oxygen atoms in total. The summed E-state index contributed by atoms with van der Waals surface area (Å²) in [5.41, 5.74) is 2.88. The number of thioether (sulfide) groups is 1. The summed E-state index contributed by atoms with van der Waals surface area (Å²) in [6, 6.07) is 7.88. The fourth-order valence-electron chi connectivity index (χ4n) is 3.56. The van der Waals surface area contributed by atoms with Crippen LogP contribution in [0.4, 0.5) is 5.95 Å². The molecule has 0 radical (unpaired) electrons. The molecule has 0 unspecified atom stereocenters. The highest BCUT2D eigenvalue weighted by molar-refractivity contribution is 9.10. The van der Waals surface area contributed by atoms with Crippen molar-refractivity contribution in [2.75, 3.05) is 11.1 Å². The van der Waals surface area contributed by atoms with E-state index in [1.807, 2.05) is 16.8 Å². The number of ketones is 1. The summed E-state index contributed by atoms with van der Waals surface area (Å²) >= 11 is 5.15. The summed E-state index contributed by atoms with van der Waals surface area (Å²) in [7, 11) is 0. The number of carbonyl (C=O) groups excluding carboxylic acids is 1. The van der Waals surface area contributed by atoms with Crippen LogP contribution in [0, 0.1) is 5.92 Å². The van der Waals surface area contributed by atoms with E-state index in [0.29, 0.717) is 12.3 Å². The zero-order chi connectivity index (χ0) is 17.6. The minimum atomic E-state index is -0.220. The molecule has 1 aromatic carbocycles. The molecule has 2 aliphatic rings. The van der Waals surface area contributed by atoms with Gasteiger partial charge in [0.05, 0.1) is 0 Å². The van der Waals surface area contributed by atoms with Gasteiger partial charge in [-0.3, -0.25) is 4.79 Å². The molecule has 1 aromatic heterocycles. The van der Waals surface area contributed by atoms with Gasteiger partial charge in [0.2, 0.25) is 11.1 Å². The van der Waals surface area contributed by atoms with E-state index < -0.39 is 0 Å². The number of benzene rings is 1. The van der Waals surface area contributed by atoms with E-state index in [0.717, 1.165) is 44.6 Å². The number of fused-ring (bicyclic) bond motifs is 1. The number of carbonyl (C=O) groups is 1. The summed E-state index contributed by atoms with van der Waals surface area (Å²) in [6.07, 6.45) is 1.46. The van der Waals surface area contributed by atoms with Crippen LogP contribution in [0.1, 0.15) is 38.3 Å². The molecular weight excluding hydrogens is 400 g/mol. The minimum Gasteiger partial charge on any atom is -0.328 e. The van der Waals surface area contributed by atoms with Gasteiger partial charge < -0.3 is 5.32 Å². The van der Waals surface area contributed by atoms with Crippen LogP contribution in [0.15, 0.2) is 45.2 Å². The third kappa shape index (κ3) is 3.04. The number of Topliss-reactive ketones (excluding diaryl/α,β-unsaturated/α-hetero) is 1. The molecule has 25 heavy (non-hydrogen) atoms. The van der Waals surface area contributed by atoms with Crippen LogP contribution in [-0.4, -0.2) is 26.3 Å². The van der Waals surface area contributed by atoms with Gasteiger partial charge >= 0.3 is 0 Å². The number of hydrogen-bond acceptors (Lipinski definition) is 5. The van der Waals surface area contributed by atoms with Gasteiger partial charge in [-0.25, -0.2) is 4.68 Å². The van der Waals surface area contributed by atoms with E-state index in [-0.39, 0.29) is 11.8 Å². The molecule has 1 aliphatic carbocycles. The van der Waals surface area contributed by atoms with Crippen molar-refractivity contribution in [3.05, 3.63) is 45.6 Å². The van der Waals surface area contributed by atoms with Gasteiger partial charge in [0, 0.05) is 22.2 Å². The van der Waals surface area contributed by atoms with Crippen LogP contribution in [0.3, 0.4) is 0 Å². The number of rotatable bonds is 3. The quantitative estimate of drug-likeness (QED) is 0.747. The average molecular weight is 419 g/mol. The number of hydrogen-bond donors (Lipinski definition) is 1. The predicted octanol–water partition coefficient (Wildman–Crippen LogP) is 4.42. The zero-order valence-corrected chi connectivity index (χ0v) is 16.5. The van der Waals surface area contributed by atoms with E-state index in [2.05, 4.69) is 57.3 Å². The maximum Gasteiger partial charge on any atom is 0.227 e. The molecular formula is C18H19BrN4OS. The number of nitrogens with one attached hydrogen (secondary N) is 1. The molecule has 4 rings (SSSR count). The van der Waals surface area contributed by atoms with Crippen LogP contribution in [-0.2, 0) is 4.79 Å². The first-order valence-electron chi connectivity index (χ1n) is 8.45. The third-order valence-electron chi connectivity index (χ3n) is 4.54. The first-order chi connectivity index (χ1) is 12.1. The minimum absolute atomic E-state index is 0.206. The third-order valence-corrected chi connectivity index (χ3v) is 5.76. The number of anilines is 1. The summed E-state index contributed by atoms with van der Waals surface area (Å²) in [4.78, 5) is 17.5. The number of nitrogens with zero attached hydrogens (tertiary/aromatic N) is 3. The van der Waals surface area contributed by atoms with Crippen molar-refractivity contribution in [2.45, 2.75) is 37.9 Å². The van der Waals surface area contributed by atoms with Crippen LogP contribution in [0.5, 0.6) is 0 Å². The molecule has 7 heteroatoms. The zero-order valence-electron chi connectivity index (χ0n) is 14.1. The fraction of sp³-hybridized carbons (Fsp3) is 0.389. The molecule has 0 amide bonds. The SMILES string of the molecule is CCSc1nc2n(n1)[C@H](c1cccc(Br)c1)C1=C(C[C@@H](C)CC1=O)N2. The first-order valence-corrected chi connectivity index (χ1v) is 10.2. The normalized spacial score (nSPS) is 22.4. The summed E-state index contributed by atoms with van der Waals surface area (Å²) in [5.74, 6) is 2.19. The van der Waals surface area contributed by atoms with Crippen molar-refractivity contribution in [1.82, 2.24) is 14.8 Å². The van der Waals surface area contributed by atoms with Gasteiger partial charge in [-0.2, -0.15) is 4.98 Å². The number of allylic oxidation sites excluding steroid dienone is 2. The Labute approximate surface area is 159 Å². The lowest BCUT2D eigenvalue weighted by Crippen LogP contribution is -2.33. The summed E-state index contributed by atoms with van der Waals surface area (Å²) in [6.45, 7) is 4.20. The lowest BCUT2D eigenvalue weighted by atomic mass is 9.81. The molecule has 0 saturated heterocycles. The van der Waals surface area contributed by atoms with Gasteiger partial charge in [0.1, 0.15) is 6.04 Å². The van der Waals surface area contributed by atoms with E-state index in [9.17, 15) is 4.79 Å². The predicted molar refractivity (Wildman–Crippen MR) is 103 cm³/mol. The Morgan fingerprint density at radius 1 is 1.40 bits per heavy atom. The maximum atomic E-state index is 12.9. The molecule has 0 bridgehead atoms. The standard InChI is InChI=1S/C18H19BrN4OS/c1-3-25-18-21-17-20-13-7-10(2)8-14(24)15(13)16(23(17)22-18)11-5-4-6-12(19)9-11/h4-6,9-10,16H,3,7-8H2,1-2H3,(H,20,21,22)/t10-,16-/m1/s1. The largest absolute Gasteiger partial charge is 0.328 e. The first kappa shape index (κ1) is 16.8. The number of aromatic nitrogens is 3. The topological polar surface area (TPSA) is 59.8 Å². The molecule has 2 atom stereocenters. The van der Waals surface area contributed by atoms with Crippen molar-refractivity contribution < 1.29 is 4.79 Å². The molecule has 0 saturated carbocycles. The molecule has 2 heterocycles. The highest BCUT2D eigenvalue weighted by atomic mass is 79.9. The Balaban J connectivity index is 1.88. The van der Waals surface area contributed by atoms with E-state index in [1.54, 1.807) is 11.8 Å². The Kier molecular flexibility index (Phi) is 4.45. The Morgan fingerprint density at radius 2 is 2.24 bits per heavy atom. The second kappa shape index (κ2) is 6.61. The Morgan fingerprint density at radius 3 is 3.00 bits per heavy atom. The Hall–Kier alpha value is -1.60. The van der Waals surface area contributed by atoms with Crippen LogP contribution >= 0.6 is 27.7 Å². The summed E-state index contributed by atoms with van der Waals surface area (Å²) in [5, 5.41) is 8.79. The van der Waals surface area contributed by atoms with Gasteiger partial charge in [0.25, 0.3) is 0 Å². The van der Waals surface area contributed by atoms with Gasteiger partial charge in [0.15, 0.2) is 5.78 Å². The summed E-state index contributed by atoms with van der Waals surface area (Å²) < 4.78 is 2.86. The average Bonchev–Trinajstić information content (AvgIpc) is 2.95. The molecule has 0 spiro atoms. The highest BCUT2D eigenvalue weighted by Crippen LogP contribution is 2.42. The fourth-order valence-corrected chi connectivity index (χ4v) is 4.53. The molecule has 2 aromatic rings. The molecule has 1 aliphatic heterocycles. The van der Waals surface area contributed by atoms with Crippen LogP contribution in [0.25, 0.3) is 0 Å². The van der Waals surface area contributed by atoms with E-state index >= 15 is 0 Å².